The van der Waals surface area contributed by atoms with Gasteiger partial charge < -0.3 is 13.9 Å². The zero-order valence-corrected chi connectivity index (χ0v) is 32.1. The molecule has 276 valence electrons. The molecule has 3 heteroatoms. The van der Waals surface area contributed by atoms with Gasteiger partial charge in [0.15, 0.2) is 0 Å². The summed E-state index contributed by atoms with van der Waals surface area (Å²) >= 11 is 0. The van der Waals surface area contributed by atoms with Crippen LogP contribution in [0.2, 0.25) is 0 Å². The van der Waals surface area contributed by atoms with Crippen LogP contribution in [0.25, 0.3) is 93.2 Å². The fourth-order valence-corrected chi connectivity index (χ4v) is 9.22. The molecule has 0 N–H and O–H groups in total. The third kappa shape index (κ3) is 5.44. The van der Waals surface area contributed by atoms with E-state index >= 15 is 0 Å². The normalized spacial score (nSPS) is 11.7. The molecule has 0 amide bonds. The molecule has 2 heterocycles. The third-order valence-electron chi connectivity index (χ3n) is 12.0. The Morgan fingerprint density at radius 1 is 0.339 bits per heavy atom. The Bertz CT molecular complexity index is 3500. The van der Waals surface area contributed by atoms with Gasteiger partial charge in [0.05, 0.1) is 11.0 Å². The van der Waals surface area contributed by atoms with Gasteiger partial charge in [0.25, 0.3) is 0 Å². The van der Waals surface area contributed by atoms with Crippen LogP contribution in [0.1, 0.15) is 0 Å². The molecule has 0 unspecified atom stereocenters. The Morgan fingerprint density at radius 3 is 1.68 bits per heavy atom. The first-order valence-electron chi connectivity index (χ1n) is 20.2. The highest BCUT2D eigenvalue weighted by Crippen LogP contribution is 2.41. The number of benzene rings is 10. The van der Waals surface area contributed by atoms with Crippen LogP contribution < -0.4 is 4.90 Å². The highest BCUT2D eigenvalue weighted by atomic mass is 16.3. The van der Waals surface area contributed by atoms with Crippen LogP contribution in [-0.4, -0.2) is 4.57 Å². The Balaban J connectivity index is 0.960. The van der Waals surface area contributed by atoms with Crippen molar-refractivity contribution in [3.05, 3.63) is 218 Å². The first-order valence-corrected chi connectivity index (χ1v) is 20.2. The number of nitrogens with zero attached hydrogens (tertiary/aromatic N) is 2. The van der Waals surface area contributed by atoms with Gasteiger partial charge in [0.2, 0.25) is 0 Å². The maximum absolute atomic E-state index is 6.25. The van der Waals surface area contributed by atoms with E-state index < -0.39 is 0 Å². The Morgan fingerprint density at radius 2 is 0.915 bits per heavy atom. The van der Waals surface area contributed by atoms with E-state index in [-0.39, 0.29) is 0 Å². The van der Waals surface area contributed by atoms with Gasteiger partial charge in [-0.25, -0.2) is 0 Å². The molecule has 2 aromatic heterocycles. The largest absolute Gasteiger partial charge is 0.456 e. The van der Waals surface area contributed by atoms with Crippen LogP contribution in [0, 0.1) is 0 Å². The second-order valence-corrected chi connectivity index (χ2v) is 15.3. The molecular weight excluding hydrogens is 717 g/mol. The van der Waals surface area contributed by atoms with Crippen molar-refractivity contribution in [3.63, 3.8) is 0 Å². The molecule has 0 radical (unpaired) electrons. The van der Waals surface area contributed by atoms with Crippen molar-refractivity contribution >= 4 is 82.4 Å². The van der Waals surface area contributed by atoms with Gasteiger partial charge in [-0.1, -0.05) is 146 Å². The molecule has 12 aromatic rings. The lowest BCUT2D eigenvalue weighted by Gasteiger charge is -2.26. The zero-order chi connectivity index (χ0) is 38.9. The number of hydrogen-bond acceptors (Lipinski definition) is 2. The van der Waals surface area contributed by atoms with E-state index in [1.165, 1.54) is 48.9 Å². The summed E-state index contributed by atoms with van der Waals surface area (Å²) in [5.74, 6) is 0. The van der Waals surface area contributed by atoms with Gasteiger partial charge in [0, 0.05) is 44.3 Å². The van der Waals surface area contributed by atoms with Crippen LogP contribution in [0.5, 0.6) is 0 Å². The van der Waals surface area contributed by atoms with E-state index in [4.69, 9.17) is 4.42 Å². The lowest BCUT2D eigenvalue weighted by Crippen LogP contribution is -2.09. The van der Waals surface area contributed by atoms with E-state index in [9.17, 15) is 0 Å². The summed E-state index contributed by atoms with van der Waals surface area (Å²) in [6.45, 7) is 0. The average Bonchev–Trinajstić information content (AvgIpc) is 3.86. The van der Waals surface area contributed by atoms with Crippen LogP contribution in [0.15, 0.2) is 223 Å². The molecule has 3 nitrogen and oxygen atoms in total. The molecule has 0 fully saturated rings. The molecule has 0 saturated heterocycles. The molecular formula is C56H36N2O. The summed E-state index contributed by atoms with van der Waals surface area (Å²) < 4.78 is 8.63. The van der Waals surface area contributed by atoms with Crippen LogP contribution in [0.4, 0.5) is 17.1 Å². The number of rotatable bonds is 6. The number of furan rings is 1. The first kappa shape index (κ1) is 33.3. The van der Waals surface area contributed by atoms with Crippen molar-refractivity contribution in [1.29, 1.82) is 0 Å². The maximum Gasteiger partial charge on any atom is 0.136 e. The number of anilines is 3. The van der Waals surface area contributed by atoms with Gasteiger partial charge in [-0.2, -0.15) is 0 Å². The number of para-hydroxylation sites is 3. The van der Waals surface area contributed by atoms with Crippen molar-refractivity contribution < 1.29 is 4.42 Å². The Labute approximate surface area is 341 Å². The second kappa shape index (κ2) is 13.4. The van der Waals surface area contributed by atoms with Crippen molar-refractivity contribution in [2.75, 3.05) is 4.90 Å². The molecule has 0 atom stereocenters. The van der Waals surface area contributed by atoms with Gasteiger partial charge in [-0.15, -0.1) is 0 Å². The second-order valence-electron chi connectivity index (χ2n) is 15.3. The van der Waals surface area contributed by atoms with Crippen molar-refractivity contribution in [2.24, 2.45) is 0 Å². The van der Waals surface area contributed by atoms with Gasteiger partial charge >= 0.3 is 0 Å². The van der Waals surface area contributed by atoms with Crippen LogP contribution >= 0.6 is 0 Å². The Kier molecular flexibility index (Phi) is 7.54. The van der Waals surface area contributed by atoms with E-state index in [1.807, 2.05) is 12.1 Å². The standard InChI is InChI=1S/C56H36N2O/c1-2-14-46-38(11-1)23-24-41-36-45(33-34-47(41)46)57(43-31-27-39(28-32-43)48-18-10-22-55-56(48)51-17-5-8-21-54(51)59-55)42-29-25-37(26-30-42)40-12-9-13-44(35-40)58-52-19-6-3-15-49(52)50-16-4-7-20-53(50)58/h1-36H. The minimum Gasteiger partial charge on any atom is -0.456 e. The fraction of sp³-hybridized carbons (Fsp3) is 0. The number of hydrogen-bond donors (Lipinski definition) is 0. The monoisotopic (exact) mass is 752 g/mol. The van der Waals surface area contributed by atoms with Crippen LogP contribution in [-0.2, 0) is 0 Å². The third-order valence-corrected chi connectivity index (χ3v) is 12.0. The summed E-state index contributed by atoms with van der Waals surface area (Å²) in [5, 5.41) is 9.78. The van der Waals surface area contributed by atoms with Crippen molar-refractivity contribution in [2.45, 2.75) is 0 Å². The SMILES string of the molecule is c1cc(-c2ccc(N(c3ccc(-c4cccc5oc6ccccc6c45)cc3)c3ccc4c(ccc5ccccc54)c3)cc2)cc(-n2c3ccccc3c3ccccc32)c1. The van der Waals surface area contributed by atoms with E-state index in [0.717, 1.165) is 61.4 Å². The molecule has 0 bridgehead atoms. The lowest BCUT2D eigenvalue weighted by atomic mass is 9.98. The summed E-state index contributed by atoms with van der Waals surface area (Å²) in [6.07, 6.45) is 0. The minimum atomic E-state index is 0.902. The molecule has 0 aliphatic carbocycles. The summed E-state index contributed by atoms with van der Waals surface area (Å²) in [6, 6.07) is 78.8. The van der Waals surface area contributed by atoms with Crippen LogP contribution in [0.3, 0.4) is 0 Å². The fourth-order valence-electron chi connectivity index (χ4n) is 9.22. The van der Waals surface area contributed by atoms with E-state index in [0.29, 0.717) is 0 Å². The zero-order valence-electron chi connectivity index (χ0n) is 32.1. The molecule has 59 heavy (non-hydrogen) atoms. The molecule has 0 saturated carbocycles. The topological polar surface area (TPSA) is 21.3 Å². The quantitative estimate of drug-likeness (QED) is 0.158. The van der Waals surface area contributed by atoms with E-state index in [1.54, 1.807) is 0 Å². The van der Waals surface area contributed by atoms with Crippen molar-refractivity contribution in [1.82, 2.24) is 4.57 Å². The highest BCUT2D eigenvalue weighted by molar-refractivity contribution is 6.13. The Hall–Kier alpha value is -7.88. The maximum atomic E-state index is 6.25. The summed E-state index contributed by atoms with van der Waals surface area (Å²) in [5.41, 5.74) is 13.3. The van der Waals surface area contributed by atoms with Gasteiger partial charge in [0.1, 0.15) is 11.2 Å². The number of fused-ring (bicyclic) bond motifs is 9. The minimum absolute atomic E-state index is 0.902. The van der Waals surface area contributed by atoms with Gasteiger partial charge in [-0.05, 0) is 117 Å². The number of aromatic nitrogens is 1. The molecule has 10 aromatic carbocycles. The molecule has 0 spiro atoms. The molecule has 0 aliphatic rings. The van der Waals surface area contributed by atoms with Gasteiger partial charge in [-0.3, -0.25) is 0 Å². The summed E-state index contributed by atoms with van der Waals surface area (Å²) in [7, 11) is 0. The predicted molar refractivity (Wildman–Crippen MR) is 249 cm³/mol. The first-order chi connectivity index (χ1) is 29.2. The van der Waals surface area contributed by atoms with E-state index in [2.05, 4.69) is 216 Å². The smallest absolute Gasteiger partial charge is 0.136 e. The summed E-state index contributed by atoms with van der Waals surface area (Å²) in [4.78, 5) is 2.37. The molecule has 0 aliphatic heterocycles. The van der Waals surface area contributed by atoms with Crippen molar-refractivity contribution in [3.8, 4) is 27.9 Å². The molecule has 12 rings (SSSR count). The average molecular weight is 753 g/mol. The highest BCUT2D eigenvalue weighted by Gasteiger charge is 2.17. The predicted octanol–water partition coefficient (Wildman–Crippen LogP) is 15.8. The lowest BCUT2D eigenvalue weighted by molar-refractivity contribution is 0.669.